The highest BCUT2D eigenvalue weighted by atomic mass is 16.5. The summed E-state index contributed by atoms with van der Waals surface area (Å²) in [5.74, 6) is -0.274. The van der Waals surface area contributed by atoms with Crippen molar-refractivity contribution < 1.29 is 14.3 Å². The van der Waals surface area contributed by atoms with Gasteiger partial charge in [-0.1, -0.05) is 24.3 Å². The smallest absolute Gasteiger partial charge is 0.306 e. The van der Waals surface area contributed by atoms with Gasteiger partial charge in [0.2, 0.25) is 0 Å². The highest BCUT2D eigenvalue weighted by Crippen LogP contribution is 2.24. The molecule has 0 heterocycles. The number of esters is 1. The van der Waals surface area contributed by atoms with E-state index in [-0.39, 0.29) is 17.9 Å². The fourth-order valence-electron chi connectivity index (χ4n) is 1.95. The molecule has 0 saturated heterocycles. The number of ether oxygens (including phenoxy) is 2. The topological polar surface area (TPSA) is 61.5 Å². The van der Waals surface area contributed by atoms with Crippen LogP contribution in [0.3, 0.4) is 0 Å². The van der Waals surface area contributed by atoms with Crippen LogP contribution < -0.4 is 5.73 Å². The van der Waals surface area contributed by atoms with E-state index < -0.39 is 0 Å². The van der Waals surface area contributed by atoms with Crippen molar-refractivity contribution in [3.63, 3.8) is 0 Å². The van der Waals surface area contributed by atoms with Gasteiger partial charge in [0, 0.05) is 19.1 Å². The maximum absolute atomic E-state index is 11.4. The zero-order chi connectivity index (χ0) is 13.5. The Balaban J connectivity index is 2.91. The number of nitrogens with two attached hydrogens (primary N) is 1. The van der Waals surface area contributed by atoms with Crippen LogP contribution in [0.25, 0.3) is 0 Å². The number of hydrogen-bond acceptors (Lipinski definition) is 4. The lowest BCUT2D eigenvalue weighted by atomic mass is 9.89. The van der Waals surface area contributed by atoms with E-state index in [4.69, 9.17) is 15.2 Å². The summed E-state index contributed by atoms with van der Waals surface area (Å²) in [4.78, 5) is 11.4. The van der Waals surface area contributed by atoms with Crippen molar-refractivity contribution in [1.29, 1.82) is 0 Å². The van der Waals surface area contributed by atoms with Crippen molar-refractivity contribution in [2.45, 2.75) is 31.9 Å². The van der Waals surface area contributed by atoms with Crippen molar-refractivity contribution in [2.75, 3.05) is 14.2 Å². The summed E-state index contributed by atoms with van der Waals surface area (Å²) in [6.07, 6.45) is 0.296. The monoisotopic (exact) mass is 251 g/mol. The van der Waals surface area contributed by atoms with Crippen LogP contribution in [0, 0.1) is 0 Å². The van der Waals surface area contributed by atoms with E-state index in [1.54, 1.807) is 7.11 Å². The summed E-state index contributed by atoms with van der Waals surface area (Å²) in [5.41, 5.74) is 8.08. The van der Waals surface area contributed by atoms with E-state index in [1.807, 2.05) is 31.2 Å². The first-order chi connectivity index (χ1) is 8.58. The summed E-state index contributed by atoms with van der Waals surface area (Å²) in [6.45, 7) is 2.45. The third-order valence-corrected chi connectivity index (χ3v) is 2.94. The number of methoxy groups -OCH3 is 2. The number of carbonyl (C=O) groups excluding carboxylic acids is 1. The van der Waals surface area contributed by atoms with Gasteiger partial charge >= 0.3 is 5.97 Å². The van der Waals surface area contributed by atoms with Crippen LogP contribution in [-0.4, -0.2) is 26.2 Å². The molecule has 1 rings (SSSR count). The molecule has 0 amide bonds. The first kappa shape index (κ1) is 14.7. The summed E-state index contributed by atoms with van der Waals surface area (Å²) in [5, 5.41) is 0. The highest BCUT2D eigenvalue weighted by Gasteiger charge is 2.20. The minimum atomic E-state index is -0.241. The largest absolute Gasteiger partial charge is 0.469 e. The summed E-state index contributed by atoms with van der Waals surface area (Å²) in [6, 6.07) is 7.85. The van der Waals surface area contributed by atoms with Crippen molar-refractivity contribution in [1.82, 2.24) is 0 Å². The van der Waals surface area contributed by atoms with Crippen molar-refractivity contribution >= 4 is 5.97 Å². The average Bonchev–Trinajstić information content (AvgIpc) is 2.36. The van der Waals surface area contributed by atoms with E-state index in [0.29, 0.717) is 13.0 Å². The van der Waals surface area contributed by atoms with Gasteiger partial charge in [-0.3, -0.25) is 4.79 Å². The highest BCUT2D eigenvalue weighted by molar-refractivity contribution is 5.70. The number of hydrogen-bond donors (Lipinski definition) is 1. The van der Waals surface area contributed by atoms with E-state index in [9.17, 15) is 4.79 Å². The fourth-order valence-corrected chi connectivity index (χ4v) is 1.95. The van der Waals surface area contributed by atoms with Crippen LogP contribution in [0.5, 0.6) is 0 Å². The van der Waals surface area contributed by atoms with Crippen molar-refractivity contribution in [3.8, 4) is 0 Å². The standard InChI is InChI=1S/C14H21NO3/c1-10(15)13(8-14(16)18-3)12-6-4-5-11(7-12)9-17-2/h4-7,10,13H,8-9,15H2,1-3H3. The lowest BCUT2D eigenvalue weighted by Crippen LogP contribution is -2.27. The Morgan fingerprint density at radius 2 is 2.11 bits per heavy atom. The molecule has 0 bridgehead atoms. The van der Waals surface area contributed by atoms with Gasteiger partial charge in [0.1, 0.15) is 0 Å². The molecule has 0 fully saturated rings. The molecule has 0 aliphatic heterocycles. The maximum atomic E-state index is 11.4. The summed E-state index contributed by atoms with van der Waals surface area (Å²) < 4.78 is 9.81. The molecule has 0 aliphatic rings. The minimum Gasteiger partial charge on any atom is -0.469 e. The Bertz CT molecular complexity index is 390. The molecular formula is C14H21NO3. The second-order valence-corrected chi connectivity index (χ2v) is 4.42. The van der Waals surface area contributed by atoms with Crippen LogP contribution in [0.2, 0.25) is 0 Å². The van der Waals surface area contributed by atoms with Gasteiger partial charge in [-0.25, -0.2) is 0 Å². The van der Waals surface area contributed by atoms with Gasteiger partial charge in [0.05, 0.1) is 20.1 Å². The van der Waals surface area contributed by atoms with Gasteiger partial charge < -0.3 is 15.2 Å². The van der Waals surface area contributed by atoms with Crippen LogP contribution >= 0.6 is 0 Å². The fraction of sp³-hybridized carbons (Fsp3) is 0.500. The third-order valence-electron chi connectivity index (χ3n) is 2.94. The number of carbonyl (C=O) groups is 1. The molecular weight excluding hydrogens is 230 g/mol. The van der Waals surface area contributed by atoms with E-state index >= 15 is 0 Å². The quantitative estimate of drug-likeness (QED) is 0.783. The second kappa shape index (κ2) is 7.13. The molecule has 4 nitrogen and oxygen atoms in total. The molecule has 2 unspecified atom stereocenters. The SMILES string of the molecule is COCc1cccc(C(CC(=O)OC)C(C)N)c1. The van der Waals surface area contributed by atoms with E-state index in [1.165, 1.54) is 7.11 Å². The number of rotatable bonds is 6. The molecule has 18 heavy (non-hydrogen) atoms. The van der Waals surface area contributed by atoms with Gasteiger partial charge in [0.15, 0.2) is 0 Å². The molecule has 0 aromatic heterocycles. The van der Waals surface area contributed by atoms with Crippen molar-refractivity contribution in [3.05, 3.63) is 35.4 Å². The predicted octanol–water partition coefficient (Wildman–Crippen LogP) is 1.83. The average molecular weight is 251 g/mol. The molecule has 0 aliphatic carbocycles. The first-order valence-corrected chi connectivity index (χ1v) is 5.98. The van der Waals surface area contributed by atoms with Gasteiger partial charge in [-0.05, 0) is 18.1 Å². The van der Waals surface area contributed by atoms with Crippen LogP contribution in [0.15, 0.2) is 24.3 Å². The lowest BCUT2D eigenvalue weighted by molar-refractivity contribution is -0.141. The van der Waals surface area contributed by atoms with Crippen molar-refractivity contribution in [2.24, 2.45) is 5.73 Å². The molecule has 0 spiro atoms. The molecule has 100 valence electrons. The Kier molecular flexibility index (Phi) is 5.82. The maximum Gasteiger partial charge on any atom is 0.306 e. The molecule has 4 heteroatoms. The molecule has 1 aromatic rings. The first-order valence-electron chi connectivity index (χ1n) is 5.98. The Morgan fingerprint density at radius 3 is 2.67 bits per heavy atom. The Hall–Kier alpha value is -1.39. The van der Waals surface area contributed by atoms with E-state index in [0.717, 1.165) is 11.1 Å². The molecule has 0 radical (unpaired) electrons. The zero-order valence-corrected chi connectivity index (χ0v) is 11.2. The second-order valence-electron chi connectivity index (χ2n) is 4.42. The summed E-state index contributed by atoms with van der Waals surface area (Å²) in [7, 11) is 3.05. The van der Waals surface area contributed by atoms with E-state index in [2.05, 4.69) is 0 Å². The Morgan fingerprint density at radius 1 is 1.39 bits per heavy atom. The molecule has 1 aromatic carbocycles. The van der Waals surface area contributed by atoms with Gasteiger partial charge in [-0.15, -0.1) is 0 Å². The number of benzene rings is 1. The minimum absolute atomic E-state index is 0.0331. The van der Waals surface area contributed by atoms with Crippen LogP contribution in [-0.2, 0) is 20.9 Å². The van der Waals surface area contributed by atoms with Gasteiger partial charge in [0.25, 0.3) is 0 Å². The molecule has 2 atom stereocenters. The van der Waals surface area contributed by atoms with Crippen LogP contribution in [0.4, 0.5) is 0 Å². The molecule has 2 N–H and O–H groups in total. The summed E-state index contributed by atoms with van der Waals surface area (Å²) >= 11 is 0. The third kappa shape index (κ3) is 4.13. The van der Waals surface area contributed by atoms with Crippen LogP contribution in [0.1, 0.15) is 30.4 Å². The normalized spacial score (nSPS) is 14.0. The lowest BCUT2D eigenvalue weighted by Gasteiger charge is -2.20. The molecule has 0 saturated carbocycles. The predicted molar refractivity (Wildman–Crippen MR) is 70.2 cm³/mol. The Labute approximate surface area is 108 Å². The zero-order valence-electron chi connectivity index (χ0n) is 11.2. The van der Waals surface area contributed by atoms with Gasteiger partial charge in [-0.2, -0.15) is 0 Å².